The molecule has 3 rings (SSSR count). The normalized spacial score (nSPS) is 22.3. The first-order valence-corrected chi connectivity index (χ1v) is 8.93. The van der Waals surface area contributed by atoms with E-state index in [2.05, 4.69) is 62.5 Å². The van der Waals surface area contributed by atoms with Gasteiger partial charge in [-0.25, -0.2) is 0 Å². The molecule has 2 aromatic rings. The van der Waals surface area contributed by atoms with Gasteiger partial charge in [0.05, 0.1) is 18.7 Å². The average Bonchev–Trinajstić information content (AvgIpc) is 2.63. The lowest BCUT2D eigenvalue weighted by Gasteiger charge is -2.45. The van der Waals surface area contributed by atoms with Crippen LogP contribution in [-0.2, 0) is 11.8 Å². The molecule has 0 bridgehead atoms. The third-order valence-electron chi connectivity index (χ3n) is 5.42. The van der Waals surface area contributed by atoms with Crippen molar-refractivity contribution in [2.45, 2.75) is 51.1 Å². The summed E-state index contributed by atoms with van der Waals surface area (Å²) in [7, 11) is 1.72. The van der Waals surface area contributed by atoms with Crippen LogP contribution in [0.15, 0.2) is 42.5 Å². The number of hydrogen-bond donors (Lipinski definition) is 1. The lowest BCUT2D eigenvalue weighted by Crippen LogP contribution is -2.52. The maximum Gasteiger partial charge on any atom is 0.119 e. The molecule has 1 N–H and O–H groups in total. The fourth-order valence-electron chi connectivity index (χ4n) is 4.09. The van der Waals surface area contributed by atoms with Crippen molar-refractivity contribution in [1.82, 2.24) is 5.32 Å². The first kappa shape index (κ1) is 17.5. The van der Waals surface area contributed by atoms with Crippen LogP contribution in [0.2, 0.25) is 0 Å². The predicted molar refractivity (Wildman–Crippen MR) is 101 cm³/mol. The Morgan fingerprint density at radius 2 is 1.92 bits per heavy atom. The van der Waals surface area contributed by atoms with Gasteiger partial charge in [-0.1, -0.05) is 32.0 Å². The molecule has 0 saturated heterocycles. The van der Waals surface area contributed by atoms with Gasteiger partial charge in [-0.15, -0.1) is 0 Å². The van der Waals surface area contributed by atoms with Gasteiger partial charge in [0.1, 0.15) is 5.75 Å². The molecule has 0 radical (unpaired) electrons. The minimum absolute atomic E-state index is 0.141. The largest absolute Gasteiger partial charge is 0.497 e. The van der Waals surface area contributed by atoms with Crippen molar-refractivity contribution in [2.75, 3.05) is 7.11 Å². The van der Waals surface area contributed by atoms with E-state index in [0.29, 0.717) is 17.6 Å². The van der Waals surface area contributed by atoms with Crippen molar-refractivity contribution in [2.24, 2.45) is 0 Å². The van der Waals surface area contributed by atoms with Crippen LogP contribution in [0.5, 0.6) is 5.75 Å². The molecule has 130 valence electrons. The second-order valence-electron chi connectivity index (χ2n) is 7.33. The van der Waals surface area contributed by atoms with Crippen LogP contribution in [0, 0.1) is 11.3 Å². The number of hydrogen-bond acceptors (Lipinski definition) is 3. The molecule has 0 amide bonds. The Kier molecular flexibility index (Phi) is 4.83. The zero-order valence-corrected chi connectivity index (χ0v) is 15.5. The number of benzene rings is 2. The zero-order valence-electron chi connectivity index (χ0n) is 15.5. The highest BCUT2D eigenvalue weighted by Gasteiger charge is 2.42. The topological polar surface area (TPSA) is 45.0 Å². The van der Waals surface area contributed by atoms with Gasteiger partial charge in [0.25, 0.3) is 0 Å². The summed E-state index contributed by atoms with van der Waals surface area (Å²) in [5.74, 6) is 0.913. The molecule has 1 aliphatic rings. The average molecular weight is 334 g/mol. The maximum absolute atomic E-state index is 9.11. The molecule has 0 aliphatic heterocycles. The summed E-state index contributed by atoms with van der Waals surface area (Å²) in [6.45, 7) is 6.71. The van der Waals surface area contributed by atoms with E-state index in [1.54, 1.807) is 7.11 Å². The Morgan fingerprint density at radius 1 is 1.20 bits per heavy atom. The molecule has 2 atom stereocenters. The molecule has 0 heterocycles. The van der Waals surface area contributed by atoms with Crippen LogP contribution in [0.4, 0.5) is 0 Å². The van der Waals surface area contributed by atoms with Crippen molar-refractivity contribution in [3.63, 3.8) is 0 Å². The van der Waals surface area contributed by atoms with Crippen LogP contribution in [0.25, 0.3) is 0 Å². The first-order valence-electron chi connectivity index (χ1n) is 8.93. The van der Waals surface area contributed by atoms with Crippen molar-refractivity contribution in [3.8, 4) is 11.8 Å². The van der Waals surface area contributed by atoms with E-state index in [9.17, 15) is 0 Å². The van der Waals surface area contributed by atoms with Crippen molar-refractivity contribution >= 4 is 0 Å². The van der Waals surface area contributed by atoms with Crippen molar-refractivity contribution in [1.29, 1.82) is 5.26 Å². The summed E-state index contributed by atoms with van der Waals surface area (Å²) in [6, 6.07) is 17.5. The molecule has 2 aromatic carbocycles. The predicted octanol–water partition coefficient (Wildman–Crippen LogP) is 4.19. The molecule has 0 fully saturated rings. The fraction of sp³-hybridized carbons (Fsp3) is 0.409. The molecule has 0 spiro atoms. The van der Waals surface area contributed by atoms with Crippen LogP contribution < -0.4 is 10.1 Å². The van der Waals surface area contributed by atoms with E-state index in [1.165, 1.54) is 16.7 Å². The minimum atomic E-state index is -0.141. The Morgan fingerprint density at radius 3 is 2.52 bits per heavy atom. The summed E-state index contributed by atoms with van der Waals surface area (Å²) >= 11 is 0. The molecule has 3 nitrogen and oxygen atoms in total. The smallest absolute Gasteiger partial charge is 0.119 e. The highest BCUT2D eigenvalue weighted by Crippen LogP contribution is 2.43. The van der Waals surface area contributed by atoms with Gasteiger partial charge in [-0.3, -0.25) is 0 Å². The second kappa shape index (κ2) is 6.90. The Bertz CT molecular complexity index is 789. The third kappa shape index (κ3) is 3.15. The number of nitrogens with zero attached hydrogens (tertiary/aromatic N) is 1. The Balaban J connectivity index is 2.14. The quantitative estimate of drug-likeness (QED) is 0.912. The van der Waals surface area contributed by atoms with Crippen LogP contribution in [-0.4, -0.2) is 19.2 Å². The lowest BCUT2D eigenvalue weighted by molar-refractivity contribution is 0.305. The maximum atomic E-state index is 9.11. The third-order valence-corrected chi connectivity index (χ3v) is 5.42. The summed E-state index contributed by atoms with van der Waals surface area (Å²) < 4.78 is 5.42. The first-order chi connectivity index (χ1) is 12.0. The summed E-state index contributed by atoms with van der Waals surface area (Å²) in [4.78, 5) is 0. The summed E-state index contributed by atoms with van der Waals surface area (Å²) in [5.41, 5.74) is 4.51. The van der Waals surface area contributed by atoms with Crippen LogP contribution in [0.3, 0.4) is 0 Å². The monoisotopic (exact) mass is 334 g/mol. The van der Waals surface area contributed by atoms with Gasteiger partial charge >= 0.3 is 0 Å². The number of nitrogens with one attached hydrogen (secondary N) is 1. The highest BCUT2D eigenvalue weighted by molar-refractivity contribution is 5.50. The second-order valence-corrected chi connectivity index (χ2v) is 7.33. The van der Waals surface area contributed by atoms with Crippen LogP contribution in [0.1, 0.15) is 49.4 Å². The van der Waals surface area contributed by atoms with E-state index >= 15 is 0 Å². The van der Waals surface area contributed by atoms with Gasteiger partial charge in [-0.05, 0) is 60.7 Å². The number of nitriles is 1. The van der Waals surface area contributed by atoms with E-state index in [0.717, 1.165) is 18.6 Å². The standard InChI is InChI=1S/C22H26N2O/c1-15(2)24-21-12-7-17-13-19(25-4)10-11-20(17)22(21,3)18-8-5-16(14-23)6-9-18/h5-6,8-11,13,15,21,24H,7,12H2,1-4H3. The summed E-state index contributed by atoms with van der Waals surface area (Å²) in [5, 5.41) is 12.9. The van der Waals surface area contributed by atoms with Crippen molar-refractivity contribution in [3.05, 3.63) is 64.7 Å². The number of aryl methyl sites for hydroxylation is 1. The van der Waals surface area contributed by atoms with Gasteiger partial charge in [0, 0.05) is 17.5 Å². The molecular weight excluding hydrogens is 308 g/mol. The molecule has 2 unspecified atom stereocenters. The fourth-order valence-corrected chi connectivity index (χ4v) is 4.09. The zero-order chi connectivity index (χ0) is 18.0. The molecule has 3 heteroatoms. The van der Waals surface area contributed by atoms with Crippen molar-refractivity contribution < 1.29 is 4.74 Å². The van der Waals surface area contributed by atoms with Gasteiger partial charge in [0.15, 0.2) is 0 Å². The molecule has 1 aliphatic carbocycles. The lowest BCUT2D eigenvalue weighted by atomic mass is 9.64. The molecule has 0 aromatic heterocycles. The van der Waals surface area contributed by atoms with E-state index in [1.807, 2.05) is 12.1 Å². The summed E-state index contributed by atoms with van der Waals surface area (Å²) in [6.07, 6.45) is 2.12. The van der Waals surface area contributed by atoms with Gasteiger partial charge < -0.3 is 10.1 Å². The minimum Gasteiger partial charge on any atom is -0.497 e. The number of ether oxygens (including phenoxy) is 1. The SMILES string of the molecule is COc1ccc2c(c1)CCC(NC(C)C)C2(C)c1ccc(C#N)cc1. The molecular formula is C22H26N2O. The van der Waals surface area contributed by atoms with E-state index in [-0.39, 0.29) is 5.41 Å². The number of rotatable bonds is 4. The number of methoxy groups -OCH3 is 1. The van der Waals surface area contributed by atoms with E-state index < -0.39 is 0 Å². The Hall–Kier alpha value is -2.31. The Labute approximate surface area is 150 Å². The van der Waals surface area contributed by atoms with Crippen LogP contribution >= 0.6 is 0 Å². The van der Waals surface area contributed by atoms with Gasteiger partial charge in [-0.2, -0.15) is 5.26 Å². The van der Waals surface area contributed by atoms with E-state index in [4.69, 9.17) is 10.00 Å². The number of fused-ring (bicyclic) bond motifs is 1. The molecule has 0 saturated carbocycles. The highest BCUT2D eigenvalue weighted by atomic mass is 16.5. The van der Waals surface area contributed by atoms with Gasteiger partial charge in [0.2, 0.25) is 0 Å². The molecule has 25 heavy (non-hydrogen) atoms.